The molecule has 0 bridgehead atoms. The highest BCUT2D eigenvalue weighted by molar-refractivity contribution is 4.91. The van der Waals surface area contributed by atoms with Gasteiger partial charge in [0.1, 0.15) is 0 Å². The van der Waals surface area contributed by atoms with Crippen LogP contribution in [0.3, 0.4) is 0 Å². The van der Waals surface area contributed by atoms with E-state index < -0.39 is 0 Å². The van der Waals surface area contributed by atoms with E-state index in [2.05, 4.69) is 33.0 Å². The largest absolute Gasteiger partial charge is 0.307 e. The van der Waals surface area contributed by atoms with E-state index in [9.17, 15) is 0 Å². The molecule has 0 aromatic heterocycles. The Kier molecular flexibility index (Phi) is 2.82. The summed E-state index contributed by atoms with van der Waals surface area (Å²) in [7, 11) is 0. The predicted octanol–water partition coefficient (Wildman–Crippen LogP) is 3.10. The van der Waals surface area contributed by atoms with Crippen molar-refractivity contribution in [3.63, 3.8) is 0 Å². The summed E-state index contributed by atoms with van der Waals surface area (Å²) in [6, 6.07) is 0. The first-order valence-electron chi connectivity index (χ1n) is 5.21. The average molecular weight is 169 g/mol. The van der Waals surface area contributed by atoms with Gasteiger partial charge < -0.3 is 5.32 Å². The fraction of sp³-hybridized carbons (Fsp3) is 1.00. The molecule has 0 unspecified atom stereocenters. The minimum Gasteiger partial charge on any atom is -0.307 e. The van der Waals surface area contributed by atoms with Crippen LogP contribution in [0, 0.1) is 0 Å². The third-order valence-electron chi connectivity index (χ3n) is 2.63. The Labute approximate surface area is 76.9 Å². The Hall–Kier alpha value is -0.0400. The number of hydrogen-bond acceptors (Lipinski definition) is 1. The minimum absolute atomic E-state index is 0.270. The molecule has 0 aromatic rings. The van der Waals surface area contributed by atoms with Crippen LogP contribution < -0.4 is 5.32 Å². The van der Waals surface area contributed by atoms with Crippen molar-refractivity contribution in [2.75, 3.05) is 0 Å². The van der Waals surface area contributed by atoms with Gasteiger partial charge in [0, 0.05) is 11.1 Å². The normalized spacial score (nSPS) is 24.0. The van der Waals surface area contributed by atoms with Crippen LogP contribution in [0.15, 0.2) is 0 Å². The standard InChI is InChI=1S/C11H23N/c1-10(2,3)12-11(4)8-6-5-7-9-11/h12H,5-9H2,1-4H3. The molecule has 12 heavy (non-hydrogen) atoms. The molecule has 1 heteroatoms. The van der Waals surface area contributed by atoms with Crippen molar-refractivity contribution in [3.05, 3.63) is 0 Å². The van der Waals surface area contributed by atoms with E-state index in [0.29, 0.717) is 5.54 Å². The van der Waals surface area contributed by atoms with Gasteiger partial charge in [0.05, 0.1) is 0 Å². The molecule has 0 spiro atoms. The lowest BCUT2D eigenvalue weighted by molar-refractivity contribution is 0.199. The molecule has 0 amide bonds. The van der Waals surface area contributed by atoms with Gasteiger partial charge in [0.15, 0.2) is 0 Å². The van der Waals surface area contributed by atoms with Crippen LogP contribution in [0.5, 0.6) is 0 Å². The van der Waals surface area contributed by atoms with Crippen molar-refractivity contribution in [1.29, 1.82) is 0 Å². The van der Waals surface area contributed by atoms with Gasteiger partial charge in [-0.3, -0.25) is 0 Å². The molecule has 72 valence electrons. The first-order chi connectivity index (χ1) is 5.41. The van der Waals surface area contributed by atoms with Crippen LogP contribution in [-0.2, 0) is 0 Å². The summed E-state index contributed by atoms with van der Waals surface area (Å²) in [5, 5.41) is 3.73. The van der Waals surface area contributed by atoms with Crippen LogP contribution in [-0.4, -0.2) is 11.1 Å². The van der Waals surface area contributed by atoms with Crippen molar-refractivity contribution in [2.24, 2.45) is 0 Å². The monoisotopic (exact) mass is 169 g/mol. The molecule has 1 rings (SSSR count). The highest BCUT2D eigenvalue weighted by Gasteiger charge is 2.29. The Bertz CT molecular complexity index is 138. The third kappa shape index (κ3) is 3.14. The molecule has 1 fully saturated rings. The SMILES string of the molecule is CC(C)(C)NC1(C)CCCCC1. The van der Waals surface area contributed by atoms with E-state index in [-0.39, 0.29) is 5.54 Å². The maximum atomic E-state index is 3.73. The summed E-state index contributed by atoms with van der Waals surface area (Å²) in [5.41, 5.74) is 0.683. The highest BCUT2D eigenvalue weighted by atomic mass is 15.0. The number of nitrogens with one attached hydrogen (secondary N) is 1. The van der Waals surface area contributed by atoms with E-state index in [0.717, 1.165) is 0 Å². The van der Waals surface area contributed by atoms with E-state index in [1.54, 1.807) is 0 Å². The summed E-state index contributed by atoms with van der Waals surface area (Å²) < 4.78 is 0. The molecule has 0 aliphatic heterocycles. The minimum atomic E-state index is 0.270. The van der Waals surface area contributed by atoms with Gasteiger partial charge in [0.2, 0.25) is 0 Å². The lowest BCUT2D eigenvalue weighted by atomic mass is 9.82. The number of hydrogen-bond donors (Lipinski definition) is 1. The highest BCUT2D eigenvalue weighted by Crippen LogP contribution is 2.29. The summed E-state index contributed by atoms with van der Waals surface area (Å²) in [6.07, 6.45) is 6.94. The lowest BCUT2D eigenvalue weighted by Crippen LogP contribution is -2.53. The second-order valence-corrected chi connectivity index (χ2v) is 5.50. The first-order valence-corrected chi connectivity index (χ1v) is 5.21. The van der Waals surface area contributed by atoms with Gasteiger partial charge in [-0.2, -0.15) is 0 Å². The van der Waals surface area contributed by atoms with Gasteiger partial charge in [-0.25, -0.2) is 0 Å². The van der Waals surface area contributed by atoms with Gasteiger partial charge >= 0.3 is 0 Å². The zero-order valence-electron chi connectivity index (χ0n) is 9.04. The first kappa shape index (κ1) is 10.0. The van der Waals surface area contributed by atoms with Crippen LogP contribution in [0.1, 0.15) is 59.8 Å². The molecule has 0 aromatic carbocycles. The molecule has 0 heterocycles. The maximum Gasteiger partial charge on any atom is 0.0158 e. The second kappa shape index (κ2) is 3.37. The second-order valence-electron chi connectivity index (χ2n) is 5.50. The molecular weight excluding hydrogens is 146 g/mol. The zero-order chi connectivity index (χ0) is 9.24. The quantitative estimate of drug-likeness (QED) is 0.636. The number of rotatable bonds is 1. The summed E-state index contributed by atoms with van der Waals surface area (Å²) in [5.74, 6) is 0. The van der Waals surface area contributed by atoms with Gasteiger partial charge in [0.25, 0.3) is 0 Å². The Morgan fingerprint density at radius 2 is 1.50 bits per heavy atom. The maximum absolute atomic E-state index is 3.73. The third-order valence-corrected chi connectivity index (χ3v) is 2.63. The Morgan fingerprint density at radius 3 is 1.92 bits per heavy atom. The Balaban J connectivity index is 2.47. The molecule has 1 aliphatic carbocycles. The molecule has 1 N–H and O–H groups in total. The van der Waals surface area contributed by atoms with Crippen LogP contribution >= 0.6 is 0 Å². The summed E-state index contributed by atoms with van der Waals surface area (Å²) >= 11 is 0. The van der Waals surface area contributed by atoms with E-state index in [1.165, 1.54) is 32.1 Å². The summed E-state index contributed by atoms with van der Waals surface area (Å²) in [4.78, 5) is 0. The van der Waals surface area contributed by atoms with Crippen molar-refractivity contribution in [3.8, 4) is 0 Å². The van der Waals surface area contributed by atoms with Crippen molar-refractivity contribution in [1.82, 2.24) is 5.32 Å². The van der Waals surface area contributed by atoms with Gasteiger partial charge in [-0.15, -0.1) is 0 Å². The van der Waals surface area contributed by atoms with Crippen molar-refractivity contribution >= 4 is 0 Å². The average Bonchev–Trinajstić information content (AvgIpc) is 1.83. The summed E-state index contributed by atoms with van der Waals surface area (Å²) in [6.45, 7) is 9.14. The molecule has 0 atom stereocenters. The van der Waals surface area contributed by atoms with Crippen molar-refractivity contribution < 1.29 is 0 Å². The van der Waals surface area contributed by atoms with E-state index in [4.69, 9.17) is 0 Å². The lowest BCUT2D eigenvalue weighted by Gasteiger charge is -2.40. The molecule has 1 nitrogen and oxygen atoms in total. The van der Waals surface area contributed by atoms with Crippen LogP contribution in [0.2, 0.25) is 0 Å². The Morgan fingerprint density at radius 1 is 1.00 bits per heavy atom. The fourth-order valence-electron chi connectivity index (χ4n) is 2.36. The van der Waals surface area contributed by atoms with E-state index in [1.807, 2.05) is 0 Å². The topological polar surface area (TPSA) is 12.0 Å². The predicted molar refractivity (Wildman–Crippen MR) is 54.4 cm³/mol. The molecular formula is C11H23N. The smallest absolute Gasteiger partial charge is 0.0158 e. The molecule has 1 aliphatic rings. The molecule has 0 saturated heterocycles. The van der Waals surface area contributed by atoms with Gasteiger partial charge in [-0.05, 0) is 40.5 Å². The van der Waals surface area contributed by atoms with Gasteiger partial charge in [-0.1, -0.05) is 19.3 Å². The molecule has 1 saturated carbocycles. The fourth-order valence-corrected chi connectivity index (χ4v) is 2.36. The molecule has 0 radical (unpaired) electrons. The zero-order valence-corrected chi connectivity index (χ0v) is 9.04. The van der Waals surface area contributed by atoms with Crippen LogP contribution in [0.25, 0.3) is 0 Å². The van der Waals surface area contributed by atoms with Crippen LogP contribution in [0.4, 0.5) is 0 Å². The van der Waals surface area contributed by atoms with E-state index >= 15 is 0 Å². The van der Waals surface area contributed by atoms with Crippen molar-refractivity contribution in [2.45, 2.75) is 70.9 Å².